The van der Waals surface area contributed by atoms with Crippen molar-refractivity contribution in [1.82, 2.24) is 9.88 Å². The van der Waals surface area contributed by atoms with Crippen molar-refractivity contribution in [3.8, 4) is 28.4 Å². The summed E-state index contributed by atoms with van der Waals surface area (Å²) in [6.07, 6.45) is 0.896. The fourth-order valence-electron chi connectivity index (χ4n) is 3.23. The lowest BCUT2D eigenvalue weighted by Crippen LogP contribution is -2.24. The van der Waals surface area contributed by atoms with Crippen molar-refractivity contribution in [2.45, 2.75) is 20.3 Å². The minimum absolute atomic E-state index is 0.0595. The number of benzene rings is 2. The van der Waals surface area contributed by atoms with E-state index in [1.54, 1.807) is 14.2 Å². The molecule has 3 aromatic rings. The molecule has 5 nitrogen and oxygen atoms in total. The largest absolute Gasteiger partial charge is 0.497 e. The van der Waals surface area contributed by atoms with Gasteiger partial charge in [0.1, 0.15) is 11.5 Å². The molecule has 0 bridgehead atoms. The van der Waals surface area contributed by atoms with E-state index in [0.29, 0.717) is 12.1 Å². The Bertz CT molecular complexity index is 958. The zero-order chi connectivity index (χ0) is 20.1. The summed E-state index contributed by atoms with van der Waals surface area (Å²) in [6, 6.07) is 17.6. The van der Waals surface area contributed by atoms with Crippen LogP contribution in [0.25, 0.3) is 16.9 Å². The molecule has 0 saturated heterocycles. The minimum atomic E-state index is -0.0595. The molecule has 0 aliphatic rings. The second kappa shape index (κ2) is 8.65. The van der Waals surface area contributed by atoms with Crippen molar-refractivity contribution < 1.29 is 14.3 Å². The molecule has 28 heavy (non-hydrogen) atoms. The SMILES string of the molecule is CCCNC(=O)c1cc(-c2ccc(OC)cc2)n(-c2cccc(OC)c2)c1C. The maximum absolute atomic E-state index is 12.7. The first kappa shape index (κ1) is 19.5. The van der Waals surface area contributed by atoms with E-state index in [1.807, 2.05) is 68.4 Å². The van der Waals surface area contributed by atoms with E-state index < -0.39 is 0 Å². The number of nitrogens with one attached hydrogen (secondary N) is 1. The number of ether oxygens (including phenoxy) is 2. The van der Waals surface area contributed by atoms with Crippen LogP contribution in [-0.4, -0.2) is 31.2 Å². The van der Waals surface area contributed by atoms with Crippen molar-refractivity contribution in [3.63, 3.8) is 0 Å². The molecule has 0 aliphatic heterocycles. The van der Waals surface area contributed by atoms with Crippen LogP contribution in [-0.2, 0) is 0 Å². The first-order chi connectivity index (χ1) is 13.6. The number of hydrogen-bond acceptors (Lipinski definition) is 3. The third-order valence-electron chi connectivity index (χ3n) is 4.72. The van der Waals surface area contributed by atoms with Gasteiger partial charge in [-0.05, 0) is 61.4 Å². The third kappa shape index (κ3) is 3.88. The van der Waals surface area contributed by atoms with Crippen LogP contribution < -0.4 is 14.8 Å². The molecule has 0 atom stereocenters. The average Bonchev–Trinajstić information content (AvgIpc) is 3.09. The Morgan fingerprint density at radius 2 is 1.71 bits per heavy atom. The number of carbonyl (C=O) groups excluding carboxylic acids is 1. The molecular weight excluding hydrogens is 352 g/mol. The van der Waals surface area contributed by atoms with E-state index >= 15 is 0 Å². The Hall–Kier alpha value is -3.21. The van der Waals surface area contributed by atoms with E-state index in [9.17, 15) is 4.79 Å². The molecule has 0 fully saturated rings. The Morgan fingerprint density at radius 3 is 2.36 bits per heavy atom. The summed E-state index contributed by atoms with van der Waals surface area (Å²) < 4.78 is 12.8. The monoisotopic (exact) mass is 378 g/mol. The minimum Gasteiger partial charge on any atom is -0.497 e. The number of rotatable bonds is 7. The van der Waals surface area contributed by atoms with Gasteiger partial charge in [0.25, 0.3) is 5.91 Å². The summed E-state index contributed by atoms with van der Waals surface area (Å²) >= 11 is 0. The van der Waals surface area contributed by atoms with E-state index in [0.717, 1.165) is 40.6 Å². The molecule has 0 unspecified atom stereocenters. The van der Waals surface area contributed by atoms with Crippen LogP contribution in [0.1, 0.15) is 29.4 Å². The van der Waals surface area contributed by atoms with Gasteiger partial charge >= 0.3 is 0 Å². The summed E-state index contributed by atoms with van der Waals surface area (Å²) in [4.78, 5) is 12.7. The Morgan fingerprint density at radius 1 is 1.00 bits per heavy atom. The van der Waals surface area contributed by atoms with Crippen LogP contribution in [0.5, 0.6) is 11.5 Å². The highest BCUT2D eigenvalue weighted by Crippen LogP contribution is 2.31. The Kier molecular flexibility index (Phi) is 6.04. The molecule has 0 saturated carbocycles. The molecule has 1 heterocycles. The molecule has 1 amide bonds. The van der Waals surface area contributed by atoms with Crippen LogP contribution >= 0.6 is 0 Å². The molecule has 5 heteroatoms. The van der Waals surface area contributed by atoms with Gasteiger partial charge in [-0.2, -0.15) is 0 Å². The van der Waals surface area contributed by atoms with Crippen molar-refractivity contribution in [2.24, 2.45) is 0 Å². The number of hydrogen-bond donors (Lipinski definition) is 1. The number of carbonyl (C=O) groups is 1. The van der Waals surface area contributed by atoms with E-state index in [2.05, 4.69) is 9.88 Å². The van der Waals surface area contributed by atoms with Crippen LogP contribution in [0.2, 0.25) is 0 Å². The maximum atomic E-state index is 12.7. The maximum Gasteiger partial charge on any atom is 0.253 e. The topological polar surface area (TPSA) is 52.5 Å². The molecule has 0 spiro atoms. The Labute approximate surface area is 165 Å². The normalized spacial score (nSPS) is 10.6. The van der Waals surface area contributed by atoms with Crippen LogP contribution in [0.4, 0.5) is 0 Å². The number of amides is 1. The summed E-state index contributed by atoms with van der Waals surface area (Å²) in [7, 11) is 3.30. The molecule has 0 aliphatic carbocycles. The molecular formula is C23H26N2O3. The van der Waals surface area contributed by atoms with Crippen molar-refractivity contribution in [1.29, 1.82) is 0 Å². The van der Waals surface area contributed by atoms with Gasteiger partial charge in [-0.3, -0.25) is 4.79 Å². The van der Waals surface area contributed by atoms with E-state index in [-0.39, 0.29) is 5.91 Å². The smallest absolute Gasteiger partial charge is 0.253 e. The van der Waals surface area contributed by atoms with Gasteiger partial charge in [0, 0.05) is 24.0 Å². The van der Waals surface area contributed by atoms with Gasteiger partial charge in [0.05, 0.1) is 25.5 Å². The zero-order valence-corrected chi connectivity index (χ0v) is 16.8. The predicted molar refractivity (Wildman–Crippen MR) is 112 cm³/mol. The van der Waals surface area contributed by atoms with Gasteiger partial charge in [-0.15, -0.1) is 0 Å². The van der Waals surface area contributed by atoms with Gasteiger partial charge in [0.2, 0.25) is 0 Å². The average molecular weight is 378 g/mol. The van der Waals surface area contributed by atoms with Gasteiger partial charge < -0.3 is 19.4 Å². The van der Waals surface area contributed by atoms with Crippen LogP contribution in [0.3, 0.4) is 0 Å². The highest BCUT2D eigenvalue weighted by Gasteiger charge is 2.19. The van der Waals surface area contributed by atoms with E-state index in [4.69, 9.17) is 9.47 Å². The number of nitrogens with zero attached hydrogens (tertiary/aromatic N) is 1. The summed E-state index contributed by atoms with van der Waals surface area (Å²) in [5, 5.41) is 2.98. The first-order valence-corrected chi connectivity index (χ1v) is 9.38. The first-order valence-electron chi connectivity index (χ1n) is 9.38. The molecule has 3 rings (SSSR count). The lowest BCUT2D eigenvalue weighted by Gasteiger charge is -2.14. The summed E-state index contributed by atoms with van der Waals surface area (Å²) in [5.74, 6) is 1.50. The fraction of sp³-hybridized carbons (Fsp3) is 0.261. The van der Waals surface area contributed by atoms with Crippen molar-refractivity contribution >= 4 is 5.91 Å². The zero-order valence-electron chi connectivity index (χ0n) is 16.8. The summed E-state index contributed by atoms with van der Waals surface area (Å²) in [6.45, 7) is 4.66. The lowest BCUT2D eigenvalue weighted by atomic mass is 10.1. The van der Waals surface area contributed by atoms with Crippen molar-refractivity contribution in [2.75, 3.05) is 20.8 Å². The fourth-order valence-corrected chi connectivity index (χ4v) is 3.23. The summed E-state index contributed by atoms with van der Waals surface area (Å²) in [5.41, 5.74) is 4.43. The van der Waals surface area contributed by atoms with Gasteiger partial charge in [0.15, 0.2) is 0 Å². The van der Waals surface area contributed by atoms with Crippen LogP contribution in [0, 0.1) is 6.92 Å². The number of methoxy groups -OCH3 is 2. The highest BCUT2D eigenvalue weighted by molar-refractivity contribution is 5.97. The van der Waals surface area contributed by atoms with E-state index in [1.165, 1.54) is 0 Å². The van der Waals surface area contributed by atoms with Gasteiger partial charge in [-0.1, -0.05) is 13.0 Å². The molecule has 2 aromatic carbocycles. The number of aromatic nitrogens is 1. The lowest BCUT2D eigenvalue weighted by molar-refractivity contribution is 0.0953. The highest BCUT2D eigenvalue weighted by atomic mass is 16.5. The predicted octanol–water partition coefficient (Wildman–Crippen LogP) is 4.61. The molecule has 146 valence electrons. The second-order valence-corrected chi connectivity index (χ2v) is 6.55. The quantitative estimate of drug-likeness (QED) is 0.653. The standard InChI is InChI=1S/C23H26N2O3/c1-5-13-24-23(26)21-15-22(17-9-11-19(27-3)12-10-17)25(16(21)2)18-7-6-8-20(14-18)28-4/h6-12,14-15H,5,13H2,1-4H3,(H,24,26). The van der Waals surface area contributed by atoms with Gasteiger partial charge in [-0.25, -0.2) is 0 Å². The molecule has 1 N–H and O–H groups in total. The Balaban J connectivity index is 2.16. The molecule has 0 radical (unpaired) electrons. The van der Waals surface area contributed by atoms with Crippen LogP contribution in [0.15, 0.2) is 54.6 Å². The third-order valence-corrected chi connectivity index (χ3v) is 4.72. The molecule has 1 aromatic heterocycles. The van der Waals surface area contributed by atoms with Crippen molar-refractivity contribution in [3.05, 3.63) is 65.9 Å². The second-order valence-electron chi connectivity index (χ2n) is 6.55.